The maximum Gasteiger partial charge on any atom is 0.254 e. The number of hydrogen-bond donors (Lipinski definition) is 0. The molecule has 2 heterocycles. The SMILES string of the molecule is CC[C@H](C)N(CC(=O)N1CCN(c2ccc(-c3cccc(OC)c3)nn2)CC1)C(=O)c1ccc(F)cc1. The lowest BCUT2D eigenvalue weighted by Crippen LogP contribution is -2.53. The molecule has 1 atom stereocenters. The van der Waals surface area contributed by atoms with E-state index in [4.69, 9.17) is 4.74 Å². The first kappa shape index (κ1) is 26.1. The Kier molecular flexibility index (Phi) is 8.32. The van der Waals surface area contributed by atoms with Crippen molar-refractivity contribution in [3.05, 3.63) is 72.0 Å². The average molecular weight is 506 g/mol. The zero-order valence-electron chi connectivity index (χ0n) is 21.4. The summed E-state index contributed by atoms with van der Waals surface area (Å²) in [5.41, 5.74) is 2.05. The van der Waals surface area contributed by atoms with Crippen LogP contribution in [-0.4, -0.2) is 77.7 Å². The van der Waals surface area contributed by atoms with Gasteiger partial charge in [0.25, 0.3) is 5.91 Å². The van der Waals surface area contributed by atoms with Gasteiger partial charge in [0, 0.05) is 43.3 Å². The van der Waals surface area contributed by atoms with Crippen molar-refractivity contribution in [3.63, 3.8) is 0 Å². The van der Waals surface area contributed by atoms with Crippen LogP contribution >= 0.6 is 0 Å². The molecule has 1 aliphatic rings. The molecule has 37 heavy (non-hydrogen) atoms. The molecule has 0 aliphatic carbocycles. The third-order valence-electron chi connectivity index (χ3n) is 6.75. The smallest absolute Gasteiger partial charge is 0.254 e. The highest BCUT2D eigenvalue weighted by Gasteiger charge is 2.28. The minimum absolute atomic E-state index is 0.0136. The van der Waals surface area contributed by atoms with Crippen LogP contribution in [0.25, 0.3) is 11.3 Å². The first-order chi connectivity index (χ1) is 17.9. The lowest BCUT2D eigenvalue weighted by molar-refractivity contribution is -0.132. The summed E-state index contributed by atoms with van der Waals surface area (Å²) >= 11 is 0. The van der Waals surface area contributed by atoms with E-state index in [1.54, 1.807) is 16.9 Å². The molecule has 0 N–H and O–H groups in total. The van der Waals surface area contributed by atoms with Gasteiger partial charge in [-0.15, -0.1) is 10.2 Å². The zero-order valence-corrected chi connectivity index (χ0v) is 21.4. The zero-order chi connectivity index (χ0) is 26.4. The summed E-state index contributed by atoms with van der Waals surface area (Å²) in [6.45, 7) is 6.16. The number of rotatable bonds is 8. The first-order valence-electron chi connectivity index (χ1n) is 12.5. The van der Waals surface area contributed by atoms with Crippen LogP contribution in [-0.2, 0) is 4.79 Å². The normalized spacial score (nSPS) is 14.3. The maximum absolute atomic E-state index is 13.3. The second-order valence-electron chi connectivity index (χ2n) is 9.07. The van der Waals surface area contributed by atoms with Gasteiger partial charge in [-0.2, -0.15) is 0 Å². The number of benzene rings is 2. The predicted molar refractivity (Wildman–Crippen MR) is 140 cm³/mol. The summed E-state index contributed by atoms with van der Waals surface area (Å²) in [7, 11) is 1.63. The molecular formula is C28H32FN5O3. The molecular weight excluding hydrogens is 473 g/mol. The maximum atomic E-state index is 13.3. The van der Waals surface area contributed by atoms with Crippen LogP contribution in [0.5, 0.6) is 5.75 Å². The summed E-state index contributed by atoms with van der Waals surface area (Å²) in [4.78, 5) is 31.7. The van der Waals surface area contributed by atoms with Gasteiger partial charge < -0.3 is 19.4 Å². The van der Waals surface area contributed by atoms with Crippen molar-refractivity contribution >= 4 is 17.6 Å². The van der Waals surface area contributed by atoms with E-state index in [0.29, 0.717) is 38.2 Å². The monoisotopic (exact) mass is 505 g/mol. The van der Waals surface area contributed by atoms with Gasteiger partial charge in [0.05, 0.1) is 12.8 Å². The molecule has 4 rings (SSSR count). The minimum Gasteiger partial charge on any atom is -0.497 e. The topological polar surface area (TPSA) is 78.9 Å². The van der Waals surface area contributed by atoms with Gasteiger partial charge in [0.1, 0.15) is 18.1 Å². The Labute approximate surface area is 216 Å². The van der Waals surface area contributed by atoms with E-state index in [-0.39, 0.29) is 24.4 Å². The van der Waals surface area contributed by atoms with Crippen LogP contribution in [0.1, 0.15) is 30.6 Å². The van der Waals surface area contributed by atoms with Crippen LogP contribution in [0.3, 0.4) is 0 Å². The highest BCUT2D eigenvalue weighted by atomic mass is 19.1. The van der Waals surface area contributed by atoms with E-state index >= 15 is 0 Å². The fraction of sp³-hybridized carbons (Fsp3) is 0.357. The third kappa shape index (κ3) is 6.22. The van der Waals surface area contributed by atoms with Crippen LogP contribution in [0.15, 0.2) is 60.7 Å². The van der Waals surface area contributed by atoms with E-state index in [1.807, 2.05) is 50.2 Å². The molecule has 3 aromatic rings. The van der Waals surface area contributed by atoms with Gasteiger partial charge in [-0.3, -0.25) is 9.59 Å². The number of carbonyl (C=O) groups is 2. The Hall–Kier alpha value is -4.01. The van der Waals surface area contributed by atoms with Crippen LogP contribution < -0.4 is 9.64 Å². The molecule has 0 saturated carbocycles. The summed E-state index contributed by atoms with van der Waals surface area (Å²) < 4.78 is 18.6. The van der Waals surface area contributed by atoms with Crippen LogP contribution in [0, 0.1) is 5.82 Å². The number of halogens is 1. The molecule has 194 valence electrons. The van der Waals surface area contributed by atoms with Crippen molar-refractivity contribution in [3.8, 4) is 17.0 Å². The Morgan fingerprint density at radius 1 is 1.03 bits per heavy atom. The van der Waals surface area contributed by atoms with E-state index in [0.717, 1.165) is 22.8 Å². The molecule has 1 aliphatic heterocycles. The van der Waals surface area contributed by atoms with Crippen molar-refractivity contribution in [2.24, 2.45) is 0 Å². The molecule has 1 aromatic heterocycles. The van der Waals surface area contributed by atoms with Crippen molar-refractivity contribution in [2.45, 2.75) is 26.3 Å². The molecule has 0 radical (unpaired) electrons. The Morgan fingerprint density at radius 3 is 2.38 bits per heavy atom. The summed E-state index contributed by atoms with van der Waals surface area (Å²) in [5, 5.41) is 8.78. The Morgan fingerprint density at radius 2 is 1.76 bits per heavy atom. The van der Waals surface area contributed by atoms with Gasteiger partial charge in [-0.1, -0.05) is 19.1 Å². The van der Waals surface area contributed by atoms with Gasteiger partial charge in [0.15, 0.2) is 5.82 Å². The fourth-order valence-corrected chi connectivity index (χ4v) is 4.27. The number of piperazine rings is 1. The van der Waals surface area contributed by atoms with E-state index < -0.39 is 5.82 Å². The number of aromatic nitrogens is 2. The molecule has 2 amide bonds. The van der Waals surface area contributed by atoms with Gasteiger partial charge in [-0.25, -0.2) is 4.39 Å². The highest BCUT2D eigenvalue weighted by molar-refractivity contribution is 5.96. The molecule has 1 saturated heterocycles. The van der Waals surface area contributed by atoms with Gasteiger partial charge >= 0.3 is 0 Å². The summed E-state index contributed by atoms with van der Waals surface area (Å²) in [6, 6.07) is 16.8. The molecule has 8 nitrogen and oxygen atoms in total. The predicted octanol–water partition coefficient (Wildman–Crippen LogP) is 3.88. The largest absolute Gasteiger partial charge is 0.497 e. The fourth-order valence-electron chi connectivity index (χ4n) is 4.27. The number of amides is 2. The van der Waals surface area contributed by atoms with E-state index in [1.165, 1.54) is 24.3 Å². The number of ether oxygens (including phenoxy) is 1. The molecule has 0 spiro atoms. The number of carbonyl (C=O) groups excluding carboxylic acids is 2. The average Bonchev–Trinajstić information content (AvgIpc) is 2.95. The summed E-state index contributed by atoms with van der Waals surface area (Å²) in [6.07, 6.45) is 0.707. The summed E-state index contributed by atoms with van der Waals surface area (Å²) in [5.74, 6) is 0.740. The molecule has 9 heteroatoms. The lowest BCUT2D eigenvalue weighted by Gasteiger charge is -2.37. The Balaban J connectivity index is 1.36. The number of methoxy groups -OCH3 is 1. The highest BCUT2D eigenvalue weighted by Crippen LogP contribution is 2.23. The molecule has 2 aromatic carbocycles. The second kappa shape index (κ2) is 11.8. The number of nitrogens with zero attached hydrogens (tertiary/aromatic N) is 5. The second-order valence-corrected chi connectivity index (χ2v) is 9.07. The van der Waals surface area contributed by atoms with Gasteiger partial charge in [0.2, 0.25) is 5.91 Å². The lowest BCUT2D eigenvalue weighted by atomic mass is 10.1. The van der Waals surface area contributed by atoms with Crippen LogP contribution in [0.4, 0.5) is 10.2 Å². The van der Waals surface area contributed by atoms with Crippen LogP contribution in [0.2, 0.25) is 0 Å². The van der Waals surface area contributed by atoms with Crippen molar-refractivity contribution in [2.75, 3.05) is 44.7 Å². The van der Waals surface area contributed by atoms with Crippen molar-refractivity contribution < 1.29 is 18.7 Å². The van der Waals surface area contributed by atoms with Crippen molar-refractivity contribution in [1.82, 2.24) is 20.0 Å². The molecule has 0 unspecified atom stereocenters. The van der Waals surface area contributed by atoms with E-state index in [9.17, 15) is 14.0 Å². The first-order valence-corrected chi connectivity index (χ1v) is 12.5. The van der Waals surface area contributed by atoms with E-state index in [2.05, 4.69) is 15.1 Å². The number of anilines is 1. The number of hydrogen-bond acceptors (Lipinski definition) is 6. The third-order valence-corrected chi connectivity index (χ3v) is 6.75. The standard InChI is InChI=1S/C28H32FN5O3/c1-4-20(2)34(28(36)21-8-10-23(29)11-9-21)19-27(35)33-16-14-32(15-17-33)26-13-12-25(30-31-26)22-6-5-7-24(18-22)37-3/h5-13,18,20H,4,14-17,19H2,1-3H3/t20-/m0/s1. The molecule has 0 bridgehead atoms. The van der Waals surface area contributed by atoms with Crippen molar-refractivity contribution in [1.29, 1.82) is 0 Å². The molecule has 1 fully saturated rings. The Bertz CT molecular complexity index is 1210. The van der Waals surface area contributed by atoms with Gasteiger partial charge in [-0.05, 0) is 61.9 Å². The minimum atomic E-state index is -0.403. The quantitative estimate of drug-likeness (QED) is 0.462.